The molecule has 0 bridgehead atoms. The van der Waals surface area contributed by atoms with Crippen molar-refractivity contribution in [1.82, 2.24) is 4.90 Å². The van der Waals surface area contributed by atoms with Crippen LogP contribution in [0.25, 0.3) is 0 Å². The van der Waals surface area contributed by atoms with Crippen LogP contribution in [-0.2, 0) is 9.59 Å². The Kier molecular flexibility index (Phi) is 6.88. The molecule has 0 aromatic heterocycles. The summed E-state index contributed by atoms with van der Waals surface area (Å²) in [5, 5.41) is 2.80. The summed E-state index contributed by atoms with van der Waals surface area (Å²) in [4.78, 5) is 25.0. The van der Waals surface area contributed by atoms with E-state index in [2.05, 4.69) is 21.2 Å². The molecule has 0 aliphatic carbocycles. The van der Waals surface area contributed by atoms with Crippen molar-refractivity contribution in [2.75, 3.05) is 18.9 Å². The molecule has 0 aliphatic rings. The van der Waals surface area contributed by atoms with Crippen LogP contribution < -0.4 is 5.32 Å². The number of likely N-dealkylation sites (N-methyl/N-ethyl adjacent to an activating group) is 1. The van der Waals surface area contributed by atoms with Crippen molar-refractivity contribution in [2.24, 2.45) is 0 Å². The molecule has 1 rings (SSSR count). The van der Waals surface area contributed by atoms with Gasteiger partial charge in [-0.15, -0.1) is 0 Å². The van der Waals surface area contributed by atoms with Gasteiger partial charge in [0.2, 0.25) is 11.8 Å². The second-order valence-corrected chi connectivity index (χ2v) is 5.50. The van der Waals surface area contributed by atoms with Crippen LogP contribution in [0.1, 0.15) is 12.5 Å². The number of amides is 2. The SMILES string of the molecule is C/C=C/C=C/C(=O)N(C)CC(=O)Nc1ccc(Br)cc1C. The molecule has 0 saturated heterocycles. The summed E-state index contributed by atoms with van der Waals surface area (Å²) in [7, 11) is 1.59. The van der Waals surface area contributed by atoms with E-state index in [1.54, 1.807) is 19.2 Å². The van der Waals surface area contributed by atoms with Crippen molar-refractivity contribution in [3.63, 3.8) is 0 Å². The molecule has 0 spiro atoms. The Morgan fingerprint density at radius 1 is 1.33 bits per heavy atom. The summed E-state index contributed by atoms with van der Waals surface area (Å²) in [6, 6.07) is 5.60. The first-order valence-electron chi connectivity index (χ1n) is 6.54. The number of allylic oxidation sites excluding steroid dienone is 3. The number of benzene rings is 1. The van der Waals surface area contributed by atoms with E-state index >= 15 is 0 Å². The van der Waals surface area contributed by atoms with Gasteiger partial charge in [0.25, 0.3) is 0 Å². The monoisotopic (exact) mass is 350 g/mol. The number of anilines is 1. The smallest absolute Gasteiger partial charge is 0.246 e. The van der Waals surface area contributed by atoms with E-state index in [4.69, 9.17) is 0 Å². The van der Waals surface area contributed by atoms with Crippen molar-refractivity contribution in [2.45, 2.75) is 13.8 Å². The zero-order chi connectivity index (χ0) is 15.8. The molecule has 1 aromatic rings. The lowest BCUT2D eigenvalue weighted by atomic mass is 10.2. The molecule has 21 heavy (non-hydrogen) atoms. The third-order valence-electron chi connectivity index (χ3n) is 2.76. The largest absolute Gasteiger partial charge is 0.333 e. The van der Waals surface area contributed by atoms with E-state index < -0.39 is 0 Å². The number of rotatable bonds is 5. The topological polar surface area (TPSA) is 49.4 Å². The van der Waals surface area contributed by atoms with Crippen LogP contribution in [0, 0.1) is 6.92 Å². The van der Waals surface area contributed by atoms with Crippen LogP contribution in [0.4, 0.5) is 5.69 Å². The number of nitrogens with one attached hydrogen (secondary N) is 1. The Hall–Kier alpha value is -1.88. The number of hydrogen-bond acceptors (Lipinski definition) is 2. The Morgan fingerprint density at radius 2 is 2.05 bits per heavy atom. The van der Waals surface area contributed by atoms with Crippen molar-refractivity contribution >= 4 is 33.4 Å². The molecule has 0 heterocycles. The second-order valence-electron chi connectivity index (χ2n) is 4.59. The van der Waals surface area contributed by atoms with Crippen molar-refractivity contribution < 1.29 is 9.59 Å². The van der Waals surface area contributed by atoms with E-state index in [1.807, 2.05) is 38.1 Å². The van der Waals surface area contributed by atoms with Gasteiger partial charge in [-0.05, 0) is 37.6 Å². The van der Waals surface area contributed by atoms with E-state index in [9.17, 15) is 9.59 Å². The minimum atomic E-state index is -0.226. The highest BCUT2D eigenvalue weighted by molar-refractivity contribution is 9.10. The van der Waals surface area contributed by atoms with Crippen LogP contribution in [0.5, 0.6) is 0 Å². The molecule has 0 unspecified atom stereocenters. The fourth-order valence-corrected chi connectivity index (χ4v) is 2.10. The Labute approximate surface area is 133 Å². The summed E-state index contributed by atoms with van der Waals surface area (Å²) < 4.78 is 0.958. The van der Waals surface area contributed by atoms with Gasteiger partial charge in [0, 0.05) is 23.3 Å². The van der Waals surface area contributed by atoms with E-state index in [-0.39, 0.29) is 18.4 Å². The molecule has 1 N–H and O–H groups in total. The fourth-order valence-electron chi connectivity index (χ4n) is 1.63. The van der Waals surface area contributed by atoms with Crippen molar-refractivity contribution in [1.29, 1.82) is 0 Å². The fraction of sp³-hybridized carbons (Fsp3) is 0.250. The molecule has 112 valence electrons. The molecule has 0 aliphatic heterocycles. The second kappa shape index (κ2) is 8.42. The summed E-state index contributed by atoms with van der Waals surface area (Å²) in [6.07, 6.45) is 6.66. The summed E-state index contributed by atoms with van der Waals surface area (Å²) in [6.45, 7) is 3.79. The predicted molar refractivity (Wildman–Crippen MR) is 89.1 cm³/mol. The van der Waals surface area contributed by atoms with Gasteiger partial charge in [-0.3, -0.25) is 9.59 Å². The lowest BCUT2D eigenvalue weighted by molar-refractivity contribution is -0.129. The highest BCUT2D eigenvalue weighted by atomic mass is 79.9. The summed E-state index contributed by atoms with van der Waals surface area (Å²) in [5.74, 6) is -0.438. The Balaban J connectivity index is 2.58. The molecule has 0 atom stereocenters. The third kappa shape index (κ3) is 5.95. The lowest BCUT2D eigenvalue weighted by Gasteiger charge is -2.15. The van der Waals surface area contributed by atoms with Crippen LogP contribution in [-0.4, -0.2) is 30.3 Å². The molecular formula is C16H19BrN2O2. The van der Waals surface area contributed by atoms with E-state index in [0.29, 0.717) is 0 Å². The first-order chi connectivity index (χ1) is 9.93. The average molecular weight is 351 g/mol. The van der Waals surface area contributed by atoms with Gasteiger partial charge in [0.05, 0.1) is 6.54 Å². The first-order valence-corrected chi connectivity index (χ1v) is 7.33. The Bertz CT molecular complexity index is 580. The lowest BCUT2D eigenvalue weighted by Crippen LogP contribution is -2.34. The van der Waals surface area contributed by atoms with Crippen LogP contribution in [0.2, 0.25) is 0 Å². The Morgan fingerprint density at radius 3 is 2.67 bits per heavy atom. The maximum absolute atomic E-state index is 11.9. The molecule has 5 heteroatoms. The molecule has 0 radical (unpaired) electrons. The van der Waals surface area contributed by atoms with Crippen LogP contribution in [0.3, 0.4) is 0 Å². The highest BCUT2D eigenvalue weighted by Gasteiger charge is 2.11. The third-order valence-corrected chi connectivity index (χ3v) is 3.26. The van der Waals surface area contributed by atoms with Gasteiger partial charge in [-0.2, -0.15) is 0 Å². The number of halogens is 1. The minimum Gasteiger partial charge on any atom is -0.333 e. The van der Waals surface area contributed by atoms with Crippen molar-refractivity contribution in [3.8, 4) is 0 Å². The maximum Gasteiger partial charge on any atom is 0.246 e. The first kappa shape index (κ1) is 17.2. The van der Waals surface area contributed by atoms with Gasteiger partial charge in [0.1, 0.15) is 0 Å². The maximum atomic E-state index is 11.9. The van der Waals surface area contributed by atoms with Crippen molar-refractivity contribution in [3.05, 3.63) is 52.5 Å². The zero-order valence-corrected chi connectivity index (χ0v) is 14.0. The predicted octanol–water partition coefficient (Wildman–Crippen LogP) is 3.29. The normalized spacial score (nSPS) is 11.0. The average Bonchev–Trinajstić information content (AvgIpc) is 2.42. The molecule has 0 fully saturated rings. The van der Waals surface area contributed by atoms with E-state index in [0.717, 1.165) is 15.7 Å². The molecular weight excluding hydrogens is 332 g/mol. The van der Waals surface area contributed by atoms with Gasteiger partial charge in [0.15, 0.2) is 0 Å². The summed E-state index contributed by atoms with van der Waals surface area (Å²) in [5.41, 5.74) is 1.70. The van der Waals surface area contributed by atoms with Crippen LogP contribution in [0.15, 0.2) is 47.0 Å². The number of carbonyl (C=O) groups excluding carboxylic acids is 2. The molecule has 0 saturated carbocycles. The molecule has 4 nitrogen and oxygen atoms in total. The number of aryl methyl sites for hydroxylation is 1. The van der Waals surface area contributed by atoms with E-state index in [1.165, 1.54) is 11.0 Å². The standard InChI is InChI=1S/C16H19BrN2O2/c1-4-5-6-7-16(21)19(3)11-15(20)18-14-9-8-13(17)10-12(14)2/h4-10H,11H2,1-3H3,(H,18,20)/b5-4+,7-6+. The molecule has 2 amide bonds. The van der Waals surface area contributed by atoms with Gasteiger partial charge in [-0.1, -0.05) is 34.2 Å². The van der Waals surface area contributed by atoms with Gasteiger partial charge >= 0.3 is 0 Å². The summed E-state index contributed by atoms with van der Waals surface area (Å²) >= 11 is 3.37. The minimum absolute atomic E-state index is 0.00845. The number of carbonyl (C=O) groups is 2. The zero-order valence-electron chi connectivity index (χ0n) is 12.4. The van der Waals surface area contributed by atoms with Crippen LogP contribution >= 0.6 is 15.9 Å². The number of nitrogens with zero attached hydrogens (tertiary/aromatic N) is 1. The highest BCUT2D eigenvalue weighted by Crippen LogP contribution is 2.19. The van der Waals surface area contributed by atoms with Gasteiger partial charge in [-0.25, -0.2) is 0 Å². The van der Waals surface area contributed by atoms with Gasteiger partial charge < -0.3 is 10.2 Å². The quantitative estimate of drug-likeness (QED) is 0.654. The molecule has 1 aromatic carbocycles. The number of hydrogen-bond donors (Lipinski definition) is 1.